The molecule has 0 aromatic heterocycles. The lowest BCUT2D eigenvalue weighted by atomic mass is 9.88. The van der Waals surface area contributed by atoms with Crippen molar-refractivity contribution in [2.24, 2.45) is 5.92 Å². The van der Waals surface area contributed by atoms with Gasteiger partial charge in [0.05, 0.1) is 5.25 Å². The van der Waals surface area contributed by atoms with E-state index in [0.29, 0.717) is 31.1 Å². The number of piperidine rings is 1. The third-order valence-electron chi connectivity index (χ3n) is 3.84. The lowest BCUT2D eigenvalue weighted by Gasteiger charge is -2.56. The zero-order valence-corrected chi connectivity index (χ0v) is 12.1. The van der Waals surface area contributed by atoms with Gasteiger partial charge in [-0.05, 0) is 26.2 Å². The third kappa shape index (κ3) is 2.37. The number of sulfonamides is 1. The van der Waals surface area contributed by atoms with Gasteiger partial charge in [-0.3, -0.25) is 4.90 Å². The minimum atomic E-state index is -3.05. The Morgan fingerprint density at radius 1 is 1.12 bits per heavy atom. The standard InChI is InChI=1S/C12H24N2O2S/c1-9(2)6-14-11-5-12(14)8-13(7-11)17(15,16)10(3)4/h9-12H,5-8H2,1-4H3. The molecule has 0 radical (unpaired) electrons. The number of fused-ring (bicyclic) bond motifs is 2. The summed E-state index contributed by atoms with van der Waals surface area (Å²) in [6.07, 6.45) is 1.18. The second kappa shape index (κ2) is 4.52. The fourth-order valence-electron chi connectivity index (χ4n) is 2.87. The van der Waals surface area contributed by atoms with E-state index < -0.39 is 10.0 Å². The zero-order chi connectivity index (χ0) is 12.8. The van der Waals surface area contributed by atoms with Gasteiger partial charge in [-0.15, -0.1) is 0 Å². The van der Waals surface area contributed by atoms with Crippen LogP contribution in [0, 0.1) is 5.92 Å². The van der Waals surface area contributed by atoms with Crippen molar-refractivity contribution in [3.8, 4) is 0 Å². The Morgan fingerprint density at radius 2 is 1.65 bits per heavy atom. The topological polar surface area (TPSA) is 40.6 Å². The Kier molecular flexibility index (Phi) is 3.54. The van der Waals surface area contributed by atoms with Crippen LogP contribution >= 0.6 is 0 Å². The number of piperazine rings is 1. The van der Waals surface area contributed by atoms with Crippen molar-refractivity contribution in [3.05, 3.63) is 0 Å². The summed E-state index contributed by atoms with van der Waals surface area (Å²) < 4.78 is 25.9. The SMILES string of the molecule is CC(C)CN1C2CC1CN(S(=O)(=O)C(C)C)C2. The summed E-state index contributed by atoms with van der Waals surface area (Å²) in [5, 5.41) is -0.293. The van der Waals surface area contributed by atoms with E-state index in [9.17, 15) is 8.42 Å². The average Bonchev–Trinajstić information content (AvgIpc) is 2.25. The van der Waals surface area contributed by atoms with E-state index in [-0.39, 0.29) is 5.25 Å². The molecule has 3 rings (SSSR count). The van der Waals surface area contributed by atoms with Gasteiger partial charge in [0.1, 0.15) is 0 Å². The highest BCUT2D eigenvalue weighted by atomic mass is 32.2. The van der Waals surface area contributed by atoms with E-state index in [2.05, 4.69) is 18.7 Å². The number of hydrogen-bond acceptors (Lipinski definition) is 3. The molecule has 3 saturated heterocycles. The largest absolute Gasteiger partial charge is 0.294 e. The first-order chi connectivity index (χ1) is 7.82. The summed E-state index contributed by atoms with van der Waals surface area (Å²) >= 11 is 0. The average molecular weight is 260 g/mol. The summed E-state index contributed by atoms with van der Waals surface area (Å²) in [6, 6.07) is 0.925. The fraction of sp³-hybridized carbons (Fsp3) is 1.00. The minimum absolute atomic E-state index is 0.293. The van der Waals surface area contributed by atoms with Gasteiger partial charge in [-0.1, -0.05) is 13.8 Å². The van der Waals surface area contributed by atoms with Crippen LogP contribution in [0.25, 0.3) is 0 Å². The molecule has 3 heterocycles. The molecule has 0 N–H and O–H groups in total. The Balaban J connectivity index is 1.99. The van der Waals surface area contributed by atoms with E-state index in [0.717, 1.165) is 6.54 Å². The molecule has 3 aliphatic heterocycles. The van der Waals surface area contributed by atoms with E-state index >= 15 is 0 Å². The number of rotatable bonds is 4. The molecule has 0 aromatic carbocycles. The molecule has 5 heteroatoms. The van der Waals surface area contributed by atoms with Crippen molar-refractivity contribution in [1.82, 2.24) is 9.21 Å². The summed E-state index contributed by atoms with van der Waals surface area (Å²) in [5.41, 5.74) is 0. The summed E-state index contributed by atoms with van der Waals surface area (Å²) in [7, 11) is -3.05. The normalized spacial score (nSPS) is 30.9. The van der Waals surface area contributed by atoms with Gasteiger partial charge in [-0.25, -0.2) is 8.42 Å². The fourth-order valence-corrected chi connectivity index (χ4v) is 4.23. The second-order valence-electron chi connectivity index (χ2n) is 6.04. The predicted octanol–water partition coefficient (Wildman–Crippen LogP) is 1.14. The van der Waals surface area contributed by atoms with Crippen LogP contribution in [0.5, 0.6) is 0 Å². The Bertz CT molecular complexity index is 366. The maximum atomic E-state index is 12.1. The molecule has 0 aliphatic carbocycles. The smallest absolute Gasteiger partial charge is 0.216 e. The summed E-state index contributed by atoms with van der Waals surface area (Å²) in [6.45, 7) is 10.5. The lowest BCUT2D eigenvalue weighted by molar-refractivity contribution is -0.0501. The van der Waals surface area contributed by atoms with Gasteiger partial charge >= 0.3 is 0 Å². The van der Waals surface area contributed by atoms with Crippen LogP contribution in [-0.2, 0) is 10.0 Å². The molecular weight excluding hydrogens is 236 g/mol. The van der Waals surface area contributed by atoms with Crippen molar-refractivity contribution in [2.75, 3.05) is 19.6 Å². The highest BCUT2D eigenvalue weighted by Crippen LogP contribution is 2.34. The highest BCUT2D eigenvalue weighted by Gasteiger charge is 2.47. The quantitative estimate of drug-likeness (QED) is 0.761. The molecule has 2 bridgehead atoms. The van der Waals surface area contributed by atoms with Crippen molar-refractivity contribution < 1.29 is 8.42 Å². The molecule has 3 aliphatic rings. The van der Waals surface area contributed by atoms with Crippen molar-refractivity contribution in [3.63, 3.8) is 0 Å². The van der Waals surface area contributed by atoms with Gasteiger partial charge in [-0.2, -0.15) is 4.31 Å². The molecule has 0 saturated carbocycles. The number of hydrogen-bond donors (Lipinski definition) is 0. The van der Waals surface area contributed by atoms with Crippen LogP contribution in [0.1, 0.15) is 34.1 Å². The van der Waals surface area contributed by atoms with Crippen molar-refractivity contribution in [2.45, 2.75) is 51.4 Å². The molecule has 4 nitrogen and oxygen atoms in total. The molecule has 100 valence electrons. The summed E-state index contributed by atoms with van der Waals surface area (Å²) in [5.74, 6) is 0.661. The Hall–Kier alpha value is -0.130. The minimum Gasteiger partial charge on any atom is -0.294 e. The van der Waals surface area contributed by atoms with Crippen molar-refractivity contribution in [1.29, 1.82) is 0 Å². The van der Waals surface area contributed by atoms with E-state index in [1.54, 1.807) is 18.2 Å². The van der Waals surface area contributed by atoms with Gasteiger partial charge in [0, 0.05) is 31.7 Å². The summed E-state index contributed by atoms with van der Waals surface area (Å²) in [4.78, 5) is 2.48. The third-order valence-corrected chi connectivity index (χ3v) is 6.05. The van der Waals surface area contributed by atoms with Gasteiger partial charge in [0.15, 0.2) is 0 Å². The van der Waals surface area contributed by atoms with Gasteiger partial charge < -0.3 is 0 Å². The molecular formula is C12H24N2O2S. The number of nitrogens with zero attached hydrogens (tertiary/aromatic N) is 2. The van der Waals surface area contributed by atoms with E-state index in [4.69, 9.17) is 0 Å². The first kappa shape index (κ1) is 13.3. The first-order valence-electron chi connectivity index (χ1n) is 6.57. The van der Waals surface area contributed by atoms with Gasteiger partial charge in [0.2, 0.25) is 10.0 Å². The molecule has 2 unspecified atom stereocenters. The first-order valence-corrected chi connectivity index (χ1v) is 8.07. The van der Waals surface area contributed by atoms with Crippen LogP contribution in [0.2, 0.25) is 0 Å². The van der Waals surface area contributed by atoms with Crippen LogP contribution in [-0.4, -0.2) is 54.6 Å². The van der Waals surface area contributed by atoms with Gasteiger partial charge in [0.25, 0.3) is 0 Å². The van der Waals surface area contributed by atoms with Crippen LogP contribution < -0.4 is 0 Å². The maximum Gasteiger partial charge on any atom is 0.216 e. The molecule has 0 spiro atoms. The molecule has 2 atom stereocenters. The predicted molar refractivity (Wildman–Crippen MR) is 69.4 cm³/mol. The lowest BCUT2D eigenvalue weighted by Crippen LogP contribution is -2.70. The second-order valence-corrected chi connectivity index (χ2v) is 8.53. The molecule has 0 amide bonds. The van der Waals surface area contributed by atoms with Crippen LogP contribution in [0.3, 0.4) is 0 Å². The van der Waals surface area contributed by atoms with Crippen LogP contribution in [0.15, 0.2) is 0 Å². The zero-order valence-electron chi connectivity index (χ0n) is 11.3. The molecule has 0 aromatic rings. The maximum absolute atomic E-state index is 12.1. The highest BCUT2D eigenvalue weighted by molar-refractivity contribution is 7.89. The Labute approximate surface area is 105 Å². The monoisotopic (exact) mass is 260 g/mol. The Morgan fingerprint density at radius 3 is 2.06 bits per heavy atom. The molecule has 3 fully saturated rings. The van der Waals surface area contributed by atoms with Crippen LogP contribution in [0.4, 0.5) is 0 Å². The van der Waals surface area contributed by atoms with E-state index in [1.165, 1.54) is 6.42 Å². The van der Waals surface area contributed by atoms with Crippen molar-refractivity contribution >= 4 is 10.0 Å². The molecule has 17 heavy (non-hydrogen) atoms. The van der Waals surface area contributed by atoms with E-state index in [1.807, 2.05) is 0 Å².